The number of hydrogen-bond acceptors (Lipinski definition) is 2. The van der Waals surface area contributed by atoms with Gasteiger partial charge in [0, 0.05) is 36.8 Å². The molecule has 0 spiro atoms. The summed E-state index contributed by atoms with van der Waals surface area (Å²) >= 11 is 0. The normalized spacial score (nSPS) is 15.0. The quantitative estimate of drug-likeness (QED) is 0.856. The van der Waals surface area contributed by atoms with Gasteiger partial charge in [-0.25, -0.2) is 4.98 Å². The predicted octanol–water partition coefficient (Wildman–Crippen LogP) is 2.65. The highest BCUT2D eigenvalue weighted by atomic mass is 19.3. The van der Waals surface area contributed by atoms with E-state index in [2.05, 4.69) is 4.98 Å². The Hall–Kier alpha value is -1.98. The van der Waals surface area contributed by atoms with Crippen molar-refractivity contribution in [1.29, 1.82) is 0 Å². The molecule has 0 fully saturated rings. The molecule has 0 atom stereocenters. The number of carbonyl (C=O) groups is 1. The molecule has 0 aliphatic heterocycles. The molecular formula is C13H13F2N3O. The highest BCUT2D eigenvalue weighted by Crippen LogP contribution is 2.23. The first kappa shape index (κ1) is 12.1. The second-order valence-corrected chi connectivity index (χ2v) is 4.67. The lowest BCUT2D eigenvalue weighted by Crippen LogP contribution is -2.08. The minimum Gasteiger partial charge on any atom is -0.346 e. The fourth-order valence-corrected chi connectivity index (χ4v) is 2.48. The van der Waals surface area contributed by atoms with E-state index in [-0.39, 0.29) is 18.2 Å². The topological polar surface area (TPSA) is 39.8 Å². The van der Waals surface area contributed by atoms with Crippen molar-refractivity contribution in [3.05, 3.63) is 41.7 Å². The van der Waals surface area contributed by atoms with E-state index in [9.17, 15) is 13.6 Å². The van der Waals surface area contributed by atoms with Gasteiger partial charge in [0.25, 0.3) is 0 Å². The number of fused-ring (bicyclic) bond motifs is 1. The van der Waals surface area contributed by atoms with Gasteiger partial charge in [-0.1, -0.05) is 0 Å². The Kier molecular flexibility index (Phi) is 2.93. The van der Waals surface area contributed by atoms with Gasteiger partial charge in [-0.05, 0) is 18.4 Å². The number of carbonyl (C=O) groups excluding carboxylic acids is 1. The van der Waals surface area contributed by atoms with Crippen LogP contribution in [0.4, 0.5) is 8.78 Å². The molecule has 2 heterocycles. The fourth-order valence-electron chi connectivity index (χ4n) is 2.48. The van der Waals surface area contributed by atoms with E-state index in [0.717, 1.165) is 28.5 Å². The van der Waals surface area contributed by atoms with Crippen molar-refractivity contribution >= 4 is 5.78 Å². The van der Waals surface area contributed by atoms with Gasteiger partial charge in [0.05, 0.1) is 6.54 Å². The monoisotopic (exact) mass is 265 g/mol. The van der Waals surface area contributed by atoms with Crippen LogP contribution in [-0.2, 0) is 13.0 Å². The molecule has 0 aromatic carbocycles. The van der Waals surface area contributed by atoms with Crippen LogP contribution in [0.25, 0.3) is 0 Å². The van der Waals surface area contributed by atoms with E-state index < -0.39 is 6.55 Å². The van der Waals surface area contributed by atoms with Crippen LogP contribution >= 0.6 is 0 Å². The first-order chi connectivity index (χ1) is 9.15. The van der Waals surface area contributed by atoms with E-state index >= 15 is 0 Å². The third-order valence-corrected chi connectivity index (χ3v) is 3.40. The Bertz CT molecular complexity index is 615. The first-order valence-electron chi connectivity index (χ1n) is 6.17. The van der Waals surface area contributed by atoms with E-state index in [4.69, 9.17) is 0 Å². The summed E-state index contributed by atoms with van der Waals surface area (Å²) in [5.41, 5.74) is 1.73. The van der Waals surface area contributed by atoms with Gasteiger partial charge in [0.1, 0.15) is 5.82 Å². The van der Waals surface area contributed by atoms with Crippen molar-refractivity contribution in [2.75, 3.05) is 0 Å². The zero-order valence-corrected chi connectivity index (χ0v) is 10.2. The first-order valence-corrected chi connectivity index (χ1v) is 6.17. The molecule has 1 aliphatic rings. The number of aryl methyl sites for hydroxylation is 1. The van der Waals surface area contributed by atoms with E-state index in [0.29, 0.717) is 6.42 Å². The average molecular weight is 265 g/mol. The van der Waals surface area contributed by atoms with Crippen LogP contribution in [0.3, 0.4) is 0 Å². The molecular weight excluding hydrogens is 252 g/mol. The zero-order valence-electron chi connectivity index (χ0n) is 10.2. The van der Waals surface area contributed by atoms with Crippen LogP contribution in [0, 0.1) is 0 Å². The molecule has 0 amide bonds. The summed E-state index contributed by atoms with van der Waals surface area (Å²) in [4.78, 5) is 15.7. The molecule has 2 aromatic heterocycles. The number of ketones is 1. The molecule has 2 aromatic rings. The Balaban J connectivity index is 1.88. The Labute approximate surface area is 108 Å². The minimum absolute atomic E-state index is 0.136. The number of halogens is 2. The highest BCUT2D eigenvalue weighted by molar-refractivity contribution is 5.98. The molecule has 3 rings (SSSR count). The van der Waals surface area contributed by atoms with Crippen LogP contribution < -0.4 is 0 Å². The molecule has 1 aliphatic carbocycles. The molecule has 0 N–H and O–H groups in total. The minimum atomic E-state index is -2.59. The summed E-state index contributed by atoms with van der Waals surface area (Å²) in [6, 6.07) is 0. The number of hydrogen-bond donors (Lipinski definition) is 0. The molecule has 19 heavy (non-hydrogen) atoms. The van der Waals surface area contributed by atoms with Crippen molar-refractivity contribution in [1.82, 2.24) is 14.1 Å². The second kappa shape index (κ2) is 4.60. The number of Topliss-reactive ketones (excluding diaryl/α,β-unsaturated/α-hetero) is 1. The van der Waals surface area contributed by atoms with Crippen LogP contribution in [0.1, 0.15) is 41.1 Å². The number of aromatic nitrogens is 3. The summed E-state index contributed by atoms with van der Waals surface area (Å²) in [5.74, 6) is 0.423. The number of rotatable bonds is 3. The third kappa shape index (κ3) is 2.18. The lowest BCUT2D eigenvalue weighted by Gasteiger charge is -2.07. The standard InChI is InChI=1S/C13H13F2N3O/c14-13(15)18-5-4-16-12(18)8-17-6-9-2-1-3-11(19)10(9)7-17/h4-7,13H,1-3,8H2. The maximum absolute atomic E-state index is 12.7. The van der Waals surface area contributed by atoms with Gasteiger partial charge in [0.2, 0.25) is 0 Å². The molecule has 0 unspecified atom stereocenters. The van der Waals surface area contributed by atoms with Crippen molar-refractivity contribution in [3.63, 3.8) is 0 Å². The highest BCUT2D eigenvalue weighted by Gasteiger charge is 2.20. The molecule has 0 saturated heterocycles. The lowest BCUT2D eigenvalue weighted by molar-refractivity contribution is 0.0667. The maximum Gasteiger partial charge on any atom is 0.319 e. The van der Waals surface area contributed by atoms with Gasteiger partial charge < -0.3 is 4.57 Å². The number of imidazole rings is 1. The summed E-state index contributed by atoms with van der Waals surface area (Å²) in [7, 11) is 0. The molecule has 6 heteroatoms. The lowest BCUT2D eigenvalue weighted by atomic mass is 9.95. The van der Waals surface area contributed by atoms with E-state index in [1.54, 1.807) is 10.8 Å². The van der Waals surface area contributed by atoms with Gasteiger partial charge >= 0.3 is 6.55 Å². The van der Waals surface area contributed by atoms with Crippen molar-refractivity contribution in [3.8, 4) is 0 Å². The van der Waals surface area contributed by atoms with Crippen LogP contribution in [0.2, 0.25) is 0 Å². The Morgan fingerprint density at radius 3 is 2.89 bits per heavy atom. The summed E-state index contributed by atoms with van der Waals surface area (Å²) < 4.78 is 28.0. The summed E-state index contributed by atoms with van der Waals surface area (Å²) in [5, 5.41) is 0. The van der Waals surface area contributed by atoms with Crippen LogP contribution in [-0.4, -0.2) is 19.9 Å². The van der Waals surface area contributed by atoms with Crippen molar-refractivity contribution < 1.29 is 13.6 Å². The smallest absolute Gasteiger partial charge is 0.319 e. The van der Waals surface area contributed by atoms with Crippen LogP contribution in [0.15, 0.2) is 24.8 Å². The maximum atomic E-state index is 12.7. The van der Waals surface area contributed by atoms with Crippen molar-refractivity contribution in [2.45, 2.75) is 32.4 Å². The predicted molar refractivity (Wildman–Crippen MR) is 64.3 cm³/mol. The van der Waals surface area contributed by atoms with E-state index in [1.165, 1.54) is 12.4 Å². The number of alkyl halides is 2. The molecule has 4 nitrogen and oxygen atoms in total. The molecule has 0 saturated carbocycles. The van der Waals surface area contributed by atoms with Gasteiger partial charge in [-0.15, -0.1) is 0 Å². The third-order valence-electron chi connectivity index (χ3n) is 3.40. The van der Waals surface area contributed by atoms with Crippen LogP contribution in [0.5, 0.6) is 0 Å². The van der Waals surface area contributed by atoms with Gasteiger partial charge in [-0.3, -0.25) is 9.36 Å². The Morgan fingerprint density at radius 1 is 1.32 bits per heavy atom. The summed E-state index contributed by atoms with van der Waals surface area (Å²) in [6.45, 7) is -2.35. The largest absolute Gasteiger partial charge is 0.346 e. The average Bonchev–Trinajstić information content (AvgIpc) is 2.96. The molecule has 0 radical (unpaired) electrons. The summed E-state index contributed by atoms with van der Waals surface area (Å²) in [6.07, 6.45) is 8.52. The van der Waals surface area contributed by atoms with E-state index in [1.807, 2.05) is 6.20 Å². The fraction of sp³-hybridized carbons (Fsp3) is 0.385. The van der Waals surface area contributed by atoms with Crippen molar-refractivity contribution in [2.24, 2.45) is 0 Å². The Morgan fingerprint density at radius 2 is 2.16 bits per heavy atom. The SMILES string of the molecule is O=C1CCCc2cn(Cc3nccn3C(F)F)cc21. The van der Waals surface area contributed by atoms with Gasteiger partial charge in [-0.2, -0.15) is 8.78 Å². The molecule has 0 bridgehead atoms. The second-order valence-electron chi connectivity index (χ2n) is 4.67. The zero-order chi connectivity index (χ0) is 13.4. The number of nitrogens with zero attached hydrogens (tertiary/aromatic N) is 3. The molecule has 100 valence electrons. The van der Waals surface area contributed by atoms with Gasteiger partial charge in [0.15, 0.2) is 5.78 Å².